The first kappa shape index (κ1) is 14.1. The first-order valence-electron chi connectivity index (χ1n) is 6.31. The van der Waals surface area contributed by atoms with Crippen molar-refractivity contribution in [3.63, 3.8) is 0 Å². The Kier molecular flexibility index (Phi) is 3.26. The van der Waals surface area contributed by atoms with E-state index in [4.69, 9.17) is 11.6 Å². The van der Waals surface area contributed by atoms with Gasteiger partial charge in [-0.3, -0.25) is 0 Å². The number of nitrogens with one attached hydrogen (secondary N) is 1. The van der Waals surface area contributed by atoms with Gasteiger partial charge in [0, 0.05) is 16.8 Å². The summed E-state index contributed by atoms with van der Waals surface area (Å²) in [4.78, 5) is 7.88. The van der Waals surface area contributed by atoms with E-state index < -0.39 is 9.84 Å². The molecular weight excluding hydrogens is 308 g/mol. The molecule has 2 aromatic carbocycles. The third-order valence-corrected chi connectivity index (χ3v) is 4.84. The average molecular weight is 321 g/mol. The third kappa shape index (κ3) is 2.66. The molecule has 0 spiro atoms. The van der Waals surface area contributed by atoms with Crippen LogP contribution in [0.2, 0.25) is 5.02 Å². The molecule has 0 aliphatic heterocycles. The summed E-state index contributed by atoms with van der Waals surface area (Å²) in [5.74, 6) is 0.664. The van der Waals surface area contributed by atoms with E-state index in [1.54, 1.807) is 18.2 Å². The Balaban J connectivity index is 2.14. The number of hydrogen-bond donors (Lipinski definition) is 1. The lowest BCUT2D eigenvalue weighted by atomic mass is 10.1. The molecule has 6 heteroatoms. The largest absolute Gasteiger partial charge is 0.338 e. The maximum absolute atomic E-state index is 11.6. The first-order valence-corrected chi connectivity index (χ1v) is 8.58. The molecule has 3 rings (SSSR count). The van der Waals surface area contributed by atoms with Crippen LogP contribution in [0.25, 0.3) is 22.4 Å². The van der Waals surface area contributed by atoms with E-state index in [0.717, 1.165) is 11.1 Å². The van der Waals surface area contributed by atoms with Crippen LogP contribution in [0, 0.1) is 6.92 Å². The van der Waals surface area contributed by atoms with E-state index >= 15 is 0 Å². The summed E-state index contributed by atoms with van der Waals surface area (Å²) in [6, 6.07) is 10.5. The normalized spacial score (nSPS) is 12.0. The first-order chi connectivity index (χ1) is 9.84. The summed E-state index contributed by atoms with van der Waals surface area (Å²) in [5.41, 5.74) is 3.26. The number of benzene rings is 2. The molecule has 1 aromatic heterocycles. The predicted octanol–water partition coefficient (Wildman–Crippen LogP) is 3.60. The second-order valence-corrected chi connectivity index (χ2v) is 7.42. The van der Waals surface area contributed by atoms with Crippen molar-refractivity contribution in [1.82, 2.24) is 9.97 Å². The van der Waals surface area contributed by atoms with E-state index in [1.807, 2.05) is 25.1 Å². The maximum Gasteiger partial charge on any atom is 0.175 e. The van der Waals surface area contributed by atoms with Gasteiger partial charge in [-0.05, 0) is 36.8 Å². The summed E-state index contributed by atoms with van der Waals surface area (Å²) >= 11 is 6.13. The number of aryl methyl sites for hydroxylation is 1. The highest BCUT2D eigenvalue weighted by molar-refractivity contribution is 7.90. The molecular formula is C15H13ClN2O2S. The molecule has 0 atom stereocenters. The lowest BCUT2D eigenvalue weighted by Gasteiger charge is -2.00. The van der Waals surface area contributed by atoms with Gasteiger partial charge in [0.25, 0.3) is 0 Å². The Morgan fingerprint density at radius 1 is 1.14 bits per heavy atom. The molecule has 3 aromatic rings. The average Bonchev–Trinajstić information content (AvgIpc) is 2.83. The van der Waals surface area contributed by atoms with E-state index in [0.29, 0.717) is 21.9 Å². The number of aromatic nitrogens is 2. The number of H-pyrrole nitrogens is 1. The van der Waals surface area contributed by atoms with Crippen molar-refractivity contribution >= 4 is 32.5 Å². The molecule has 0 bridgehead atoms. The molecule has 0 unspecified atom stereocenters. The van der Waals surface area contributed by atoms with Crippen molar-refractivity contribution in [3.8, 4) is 11.4 Å². The number of rotatable bonds is 2. The predicted molar refractivity (Wildman–Crippen MR) is 84.4 cm³/mol. The van der Waals surface area contributed by atoms with Gasteiger partial charge < -0.3 is 4.98 Å². The van der Waals surface area contributed by atoms with Gasteiger partial charge in [0.2, 0.25) is 0 Å². The molecule has 1 heterocycles. The summed E-state index contributed by atoms with van der Waals surface area (Å²) in [6.07, 6.45) is 1.19. The van der Waals surface area contributed by atoms with Gasteiger partial charge in [-0.1, -0.05) is 23.7 Å². The van der Waals surface area contributed by atoms with E-state index in [2.05, 4.69) is 9.97 Å². The molecule has 21 heavy (non-hydrogen) atoms. The molecule has 1 N–H and O–H groups in total. The van der Waals surface area contributed by atoms with Gasteiger partial charge in [0.1, 0.15) is 5.82 Å². The fraction of sp³-hybridized carbons (Fsp3) is 0.133. The lowest BCUT2D eigenvalue weighted by molar-refractivity contribution is 0.602. The number of sulfone groups is 1. The quantitative estimate of drug-likeness (QED) is 0.784. The summed E-state index contributed by atoms with van der Waals surface area (Å²) in [5, 5.41) is 0.671. The van der Waals surface area contributed by atoms with Crippen LogP contribution in [-0.4, -0.2) is 24.6 Å². The fourth-order valence-electron chi connectivity index (χ4n) is 2.10. The number of halogens is 1. The third-order valence-electron chi connectivity index (χ3n) is 3.33. The van der Waals surface area contributed by atoms with Crippen LogP contribution in [0.5, 0.6) is 0 Å². The molecule has 0 aliphatic rings. The van der Waals surface area contributed by atoms with Crippen LogP contribution < -0.4 is 0 Å². The Morgan fingerprint density at radius 3 is 2.57 bits per heavy atom. The molecule has 0 aliphatic carbocycles. The van der Waals surface area contributed by atoms with Crippen LogP contribution in [0.15, 0.2) is 41.3 Å². The minimum atomic E-state index is -3.23. The number of fused-ring (bicyclic) bond motifs is 1. The Hall–Kier alpha value is -1.85. The zero-order valence-electron chi connectivity index (χ0n) is 11.5. The summed E-state index contributed by atoms with van der Waals surface area (Å²) < 4.78 is 23.2. The minimum Gasteiger partial charge on any atom is -0.338 e. The van der Waals surface area contributed by atoms with Crippen molar-refractivity contribution in [3.05, 3.63) is 47.0 Å². The Bertz CT molecular complexity index is 945. The van der Waals surface area contributed by atoms with Crippen molar-refractivity contribution in [2.45, 2.75) is 11.8 Å². The highest BCUT2D eigenvalue weighted by atomic mass is 35.5. The van der Waals surface area contributed by atoms with Crippen LogP contribution in [0.4, 0.5) is 0 Å². The summed E-state index contributed by atoms with van der Waals surface area (Å²) in [6.45, 7) is 1.93. The molecule has 0 fully saturated rings. The highest BCUT2D eigenvalue weighted by Crippen LogP contribution is 2.26. The molecule has 4 nitrogen and oxygen atoms in total. The van der Waals surface area contributed by atoms with Gasteiger partial charge in [-0.15, -0.1) is 0 Å². The topological polar surface area (TPSA) is 62.8 Å². The van der Waals surface area contributed by atoms with Crippen LogP contribution in [0.3, 0.4) is 0 Å². The summed E-state index contributed by atoms with van der Waals surface area (Å²) in [7, 11) is -3.23. The number of hydrogen-bond acceptors (Lipinski definition) is 3. The van der Waals surface area contributed by atoms with Crippen molar-refractivity contribution in [2.75, 3.05) is 6.26 Å². The van der Waals surface area contributed by atoms with Gasteiger partial charge in [0.15, 0.2) is 9.84 Å². The van der Waals surface area contributed by atoms with Gasteiger partial charge in [-0.25, -0.2) is 13.4 Å². The molecule has 0 saturated heterocycles. The number of imidazole rings is 1. The SMILES string of the molecule is Cc1ccc(-c2nc3ccc(S(C)(=O)=O)cc3[nH]2)cc1Cl. The molecule has 0 radical (unpaired) electrons. The monoisotopic (exact) mass is 320 g/mol. The molecule has 0 saturated carbocycles. The minimum absolute atomic E-state index is 0.270. The highest BCUT2D eigenvalue weighted by Gasteiger charge is 2.11. The van der Waals surface area contributed by atoms with Crippen molar-refractivity contribution < 1.29 is 8.42 Å². The van der Waals surface area contributed by atoms with Gasteiger partial charge >= 0.3 is 0 Å². The maximum atomic E-state index is 11.6. The number of nitrogens with zero attached hydrogens (tertiary/aromatic N) is 1. The second kappa shape index (κ2) is 4.86. The zero-order valence-corrected chi connectivity index (χ0v) is 13.1. The van der Waals surface area contributed by atoms with E-state index in [1.165, 1.54) is 6.26 Å². The van der Waals surface area contributed by atoms with Gasteiger partial charge in [-0.2, -0.15) is 0 Å². The standard InChI is InChI=1S/C15H13ClN2O2S/c1-9-3-4-10(7-12(9)16)15-17-13-6-5-11(21(2,19)20)8-14(13)18-15/h3-8H,1-2H3,(H,17,18). The van der Waals surface area contributed by atoms with Crippen molar-refractivity contribution in [1.29, 1.82) is 0 Å². The van der Waals surface area contributed by atoms with Gasteiger partial charge in [0.05, 0.1) is 15.9 Å². The Labute approximate surface area is 127 Å². The second-order valence-electron chi connectivity index (χ2n) is 5.00. The van der Waals surface area contributed by atoms with Crippen LogP contribution in [0.1, 0.15) is 5.56 Å². The zero-order chi connectivity index (χ0) is 15.2. The lowest BCUT2D eigenvalue weighted by Crippen LogP contribution is -1.96. The van der Waals surface area contributed by atoms with E-state index in [9.17, 15) is 8.42 Å². The van der Waals surface area contributed by atoms with Crippen molar-refractivity contribution in [2.24, 2.45) is 0 Å². The molecule has 0 amide bonds. The van der Waals surface area contributed by atoms with Crippen LogP contribution >= 0.6 is 11.6 Å². The number of aromatic amines is 1. The fourth-order valence-corrected chi connectivity index (χ4v) is 2.92. The van der Waals surface area contributed by atoms with E-state index in [-0.39, 0.29) is 4.90 Å². The molecule has 108 valence electrons. The smallest absolute Gasteiger partial charge is 0.175 e. The Morgan fingerprint density at radius 2 is 1.90 bits per heavy atom. The van der Waals surface area contributed by atoms with Crippen LogP contribution in [-0.2, 0) is 9.84 Å².